The molecule has 122 valence electrons. The van der Waals surface area contributed by atoms with E-state index in [1.807, 2.05) is 0 Å². The Kier molecular flexibility index (Phi) is 5.80. The fourth-order valence-corrected chi connectivity index (χ4v) is 1.97. The summed E-state index contributed by atoms with van der Waals surface area (Å²) in [5.74, 6) is 0.476. The molecule has 0 heterocycles. The Bertz CT molecular complexity index is 675. The molecule has 0 fully saturated rings. The molecule has 0 aliphatic rings. The number of hydrogen-bond acceptors (Lipinski definition) is 4. The standard InChI is InChI=1S/C17H18FNO4/c1-21-15-8-7-12(11-16(15)22-2)17(20)19-9-10-23-14-6-4-3-5-13(14)18/h3-8,11H,9-10H2,1-2H3,(H,19,20). The van der Waals surface area contributed by atoms with Crippen LogP contribution in [0.15, 0.2) is 42.5 Å². The monoisotopic (exact) mass is 319 g/mol. The van der Waals surface area contributed by atoms with Crippen molar-refractivity contribution in [3.05, 3.63) is 53.8 Å². The molecule has 0 aliphatic carbocycles. The van der Waals surface area contributed by atoms with E-state index in [0.29, 0.717) is 17.1 Å². The van der Waals surface area contributed by atoms with Crippen molar-refractivity contribution >= 4 is 5.91 Å². The molecule has 0 aromatic heterocycles. The maximum absolute atomic E-state index is 13.4. The van der Waals surface area contributed by atoms with Gasteiger partial charge in [0, 0.05) is 5.56 Å². The van der Waals surface area contributed by atoms with E-state index in [4.69, 9.17) is 14.2 Å². The highest BCUT2D eigenvalue weighted by Crippen LogP contribution is 2.27. The lowest BCUT2D eigenvalue weighted by molar-refractivity contribution is 0.0946. The van der Waals surface area contributed by atoms with Gasteiger partial charge in [-0.2, -0.15) is 0 Å². The fourth-order valence-electron chi connectivity index (χ4n) is 1.97. The normalized spacial score (nSPS) is 10.0. The number of carbonyl (C=O) groups is 1. The van der Waals surface area contributed by atoms with E-state index in [1.54, 1.807) is 30.3 Å². The van der Waals surface area contributed by atoms with Crippen molar-refractivity contribution in [3.8, 4) is 17.2 Å². The first-order chi connectivity index (χ1) is 11.2. The van der Waals surface area contributed by atoms with Gasteiger partial charge >= 0.3 is 0 Å². The van der Waals surface area contributed by atoms with E-state index in [9.17, 15) is 9.18 Å². The van der Waals surface area contributed by atoms with Crippen LogP contribution in [0.2, 0.25) is 0 Å². The van der Waals surface area contributed by atoms with Gasteiger partial charge in [0.15, 0.2) is 23.1 Å². The van der Waals surface area contributed by atoms with E-state index in [-0.39, 0.29) is 24.8 Å². The number of ether oxygens (including phenoxy) is 3. The molecular formula is C17H18FNO4. The topological polar surface area (TPSA) is 56.8 Å². The molecule has 0 radical (unpaired) electrons. The fraction of sp³-hybridized carbons (Fsp3) is 0.235. The molecule has 0 aliphatic heterocycles. The van der Waals surface area contributed by atoms with Gasteiger partial charge in [0.25, 0.3) is 5.91 Å². The third kappa shape index (κ3) is 4.35. The highest BCUT2D eigenvalue weighted by atomic mass is 19.1. The molecule has 0 spiro atoms. The minimum atomic E-state index is -0.432. The van der Waals surface area contributed by atoms with Crippen molar-refractivity contribution in [2.75, 3.05) is 27.4 Å². The van der Waals surface area contributed by atoms with Crippen molar-refractivity contribution in [1.29, 1.82) is 0 Å². The van der Waals surface area contributed by atoms with Crippen LogP contribution in [0.4, 0.5) is 4.39 Å². The number of carbonyl (C=O) groups excluding carboxylic acids is 1. The smallest absolute Gasteiger partial charge is 0.251 e. The average molecular weight is 319 g/mol. The molecule has 0 atom stereocenters. The average Bonchev–Trinajstić information content (AvgIpc) is 2.59. The maximum Gasteiger partial charge on any atom is 0.251 e. The zero-order chi connectivity index (χ0) is 16.7. The van der Waals surface area contributed by atoms with Gasteiger partial charge < -0.3 is 19.5 Å². The summed E-state index contributed by atoms with van der Waals surface area (Å²) < 4.78 is 28.9. The lowest BCUT2D eigenvalue weighted by atomic mass is 10.2. The summed E-state index contributed by atoms with van der Waals surface area (Å²) in [6.07, 6.45) is 0. The van der Waals surface area contributed by atoms with Crippen LogP contribution in [-0.4, -0.2) is 33.3 Å². The summed E-state index contributed by atoms with van der Waals surface area (Å²) in [6.45, 7) is 0.418. The lowest BCUT2D eigenvalue weighted by Gasteiger charge is -2.10. The Hall–Kier alpha value is -2.76. The van der Waals surface area contributed by atoms with Crippen LogP contribution in [-0.2, 0) is 0 Å². The SMILES string of the molecule is COc1ccc(C(=O)NCCOc2ccccc2F)cc1OC. The highest BCUT2D eigenvalue weighted by molar-refractivity contribution is 5.94. The number of amides is 1. The zero-order valence-corrected chi connectivity index (χ0v) is 13.0. The first kappa shape index (κ1) is 16.6. The van der Waals surface area contributed by atoms with Gasteiger partial charge in [-0.3, -0.25) is 4.79 Å². The van der Waals surface area contributed by atoms with Crippen LogP contribution in [0.5, 0.6) is 17.2 Å². The number of nitrogens with one attached hydrogen (secondary N) is 1. The second-order valence-electron chi connectivity index (χ2n) is 4.60. The molecule has 0 saturated carbocycles. The van der Waals surface area contributed by atoms with Crippen molar-refractivity contribution in [2.24, 2.45) is 0 Å². The predicted octanol–water partition coefficient (Wildman–Crippen LogP) is 2.65. The Morgan fingerprint density at radius 2 is 1.78 bits per heavy atom. The zero-order valence-electron chi connectivity index (χ0n) is 13.0. The molecular weight excluding hydrogens is 301 g/mol. The number of halogens is 1. The predicted molar refractivity (Wildman–Crippen MR) is 83.8 cm³/mol. The molecule has 1 amide bonds. The lowest BCUT2D eigenvalue weighted by Crippen LogP contribution is -2.28. The Morgan fingerprint density at radius 3 is 2.48 bits per heavy atom. The largest absolute Gasteiger partial charge is 0.493 e. The summed E-state index contributed by atoms with van der Waals surface area (Å²) in [7, 11) is 3.03. The van der Waals surface area contributed by atoms with Crippen molar-refractivity contribution in [1.82, 2.24) is 5.32 Å². The van der Waals surface area contributed by atoms with Gasteiger partial charge in [-0.1, -0.05) is 12.1 Å². The van der Waals surface area contributed by atoms with Crippen molar-refractivity contribution < 1.29 is 23.4 Å². The second-order valence-corrected chi connectivity index (χ2v) is 4.60. The van der Waals surface area contributed by atoms with Gasteiger partial charge in [0.05, 0.1) is 20.8 Å². The van der Waals surface area contributed by atoms with Gasteiger partial charge in [-0.25, -0.2) is 4.39 Å². The Morgan fingerprint density at radius 1 is 1.04 bits per heavy atom. The number of rotatable bonds is 7. The molecule has 1 N–H and O–H groups in total. The minimum absolute atomic E-state index is 0.160. The molecule has 23 heavy (non-hydrogen) atoms. The molecule has 2 rings (SSSR count). The molecule has 5 nitrogen and oxygen atoms in total. The maximum atomic E-state index is 13.4. The number of methoxy groups -OCH3 is 2. The van der Waals surface area contributed by atoms with E-state index in [0.717, 1.165) is 0 Å². The molecule has 2 aromatic carbocycles. The third-order valence-electron chi connectivity index (χ3n) is 3.13. The van der Waals surface area contributed by atoms with Gasteiger partial charge in [-0.05, 0) is 30.3 Å². The summed E-state index contributed by atoms with van der Waals surface area (Å²) >= 11 is 0. The van der Waals surface area contributed by atoms with Gasteiger partial charge in [-0.15, -0.1) is 0 Å². The second kappa shape index (κ2) is 8.03. The van der Waals surface area contributed by atoms with Crippen LogP contribution >= 0.6 is 0 Å². The molecule has 0 unspecified atom stereocenters. The van der Waals surface area contributed by atoms with Gasteiger partial charge in [0.2, 0.25) is 0 Å². The Labute approximate surface area is 134 Å². The van der Waals surface area contributed by atoms with E-state index < -0.39 is 5.82 Å². The van der Waals surface area contributed by atoms with Crippen LogP contribution in [0.1, 0.15) is 10.4 Å². The summed E-state index contributed by atoms with van der Waals surface area (Å²) in [5, 5.41) is 2.69. The summed E-state index contributed by atoms with van der Waals surface area (Å²) in [5.41, 5.74) is 0.438. The third-order valence-corrected chi connectivity index (χ3v) is 3.13. The first-order valence-corrected chi connectivity index (χ1v) is 7.03. The van der Waals surface area contributed by atoms with Crippen LogP contribution in [0.25, 0.3) is 0 Å². The minimum Gasteiger partial charge on any atom is -0.493 e. The molecule has 0 saturated heterocycles. The van der Waals surface area contributed by atoms with E-state index >= 15 is 0 Å². The molecule has 0 bridgehead atoms. The van der Waals surface area contributed by atoms with Crippen molar-refractivity contribution in [3.63, 3.8) is 0 Å². The van der Waals surface area contributed by atoms with E-state index in [1.165, 1.54) is 26.4 Å². The van der Waals surface area contributed by atoms with Crippen LogP contribution in [0.3, 0.4) is 0 Å². The van der Waals surface area contributed by atoms with Crippen molar-refractivity contribution in [2.45, 2.75) is 0 Å². The quantitative estimate of drug-likeness (QED) is 0.797. The molecule has 2 aromatic rings. The first-order valence-electron chi connectivity index (χ1n) is 7.03. The summed E-state index contributed by atoms with van der Waals surface area (Å²) in [4.78, 5) is 12.1. The van der Waals surface area contributed by atoms with Crippen LogP contribution in [0, 0.1) is 5.82 Å². The van der Waals surface area contributed by atoms with Gasteiger partial charge in [0.1, 0.15) is 6.61 Å². The van der Waals surface area contributed by atoms with E-state index in [2.05, 4.69) is 5.32 Å². The number of benzene rings is 2. The number of hydrogen-bond donors (Lipinski definition) is 1. The van der Waals surface area contributed by atoms with Crippen LogP contribution < -0.4 is 19.5 Å². The highest BCUT2D eigenvalue weighted by Gasteiger charge is 2.10. The molecule has 6 heteroatoms. The number of para-hydroxylation sites is 1. The summed E-state index contributed by atoms with van der Waals surface area (Å²) in [6, 6.07) is 11.0. The Balaban J connectivity index is 1.86.